The van der Waals surface area contributed by atoms with Gasteiger partial charge in [0.1, 0.15) is 4.99 Å². The first kappa shape index (κ1) is 11.8. The van der Waals surface area contributed by atoms with Crippen molar-refractivity contribution in [1.82, 2.24) is 4.98 Å². The van der Waals surface area contributed by atoms with E-state index in [9.17, 15) is 0 Å². The number of aromatic nitrogens is 1. The standard InChI is InChI=1S/C12H10ClN3S/c13-8-1-3-9(4-2-8)16-11-7-15-6-5-10(11)12(14)17/h1-7,16H,(H2,14,17). The van der Waals surface area contributed by atoms with E-state index in [1.54, 1.807) is 30.6 Å². The Morgan fingerprint density at radius 1 is 1.24 bits per heavy atom. The Hall–Kier alpha value is -1.65. The molecule has 3 nitrogen and oxygen atoms in total. The van der Waals surface area contributed by atoms with Crippen LogP contribution < -0.4 is 11.1 Å². The minimum atomic E-state index is 0.337. The summed E-state index contributed by atoms with van der Waals surface area (Å²) in [6.07, 6.45) is 3.34. The highest BCUT2D eigenvalue weighted by molar-refractivity contribution is 7.80. The van der Waals surface area contributed by atoms with Gasteiger partial charge in [-0.3, -0.25) is 4.98 Å². The van der Waals surface area contributed by atoms with Crippen molar-refractivity contribution in [2.24, 2.45) is 5.73 Å². The predicted molar refractivity (Wildman–Crippen MR) is 74.9 cm³/mol. The molecule has 0 aliphatic heterocycles. The third-order valence-electron chi connectivity index (χ3n) is 2.21. The number of pyridine rings is 1. The summed E-state index contributed by atoms with van der Waals surface area (Å²) >= 11 is 10.8. The quantitative estimate of drug-likeness (QED) is 0.836. The number of nitrogens with two attached hydrogens (primary N) is 1. The topological polar surface area (TPSA) is 50.9 Å². The van der Waals surface area contributed by atoms with Crippen LogP contribution in [0.15, 0.2) is 42.7 Å². The number of nitrogens with one attached hydrogen (secondary N) is 1. The van der Waals surface area contributed by atoms with Crippen molar-refractivity contribution in [2.45, 2.75) is 0 Å². The average Bonchev–Trinajstić information content (AvgIpc) is 2.32. The molecule has 0 saturated heterocycles. The molecule has 0 fully saturated rings. The predicted octanol–water partition coefficient (Wildman–Crippen LogP) is 3.11. The maximum absolute atomic E-state index is 5.82. The Labute approximate surface area is 110 Å². The Morgan fingerprint density at radius 3 is 2.59 bits per heavy atom. The van der Waals surface area contributed by atoms with Crippen LogP contribution in [0.2, 0.25) is 5.02 Å². The number of nitrogens with zero attached hydrogens (tertiary/aromatic N) is 1. The summed E-state index contributed by atoms with van der Waals surface area (Å²) < 4.78 is 0. The highest BCUT2D eigenvalue weighted by Crippen LogP contribution is 2.21. The zero-order valence-electron chi connectivity index (χ0n) is 8.85. The van der Waals surface area contributed by atoms with Crippen LogP contribution in [0.3, 0.4) is 0 Å². The number of anilines is 2. The molecule has 1 heterocycles. The van der Waals surface area contributed by atoms with E-state index < -0.39 is 0 Å². The second-order valence-corrected chi connectivity index (χ2v) is 4.29. The summed E-state index contributed by atoms with van der Waals surface area (Å²) in [6, 6.07) is 9.14. The minimum Gasteiger partial charge on any atom is -0.389 e. The van der Waals surface area contributed by atoms with Gasteiger partial charge in [0.05, 0.1) is 11.9 Å². The molecule has 86 valence electrons. The molecule has 17 heavy (non-hydrogen) atoms. The van der Waals surface area contributed by atoms with Crippen molar-refractivity contribution in [2.75, 3.05) is 5.32 Å². The van der Waals surface area contributed by atoms with E-state index in [0.29, 0.717) is 10.0 Å². The second-order valence-electron chi connectivity index (χ2n) is 3.42. The van der Waals surface area contributed by atoms with Gasteiger partial charge in [-0.2, -0.15) is 0 Å². The van der Waals surface area contributed by atoms with Crippen LogP contribution >= 0.6 is 23.8 Å². The molecule has 5 heteroatoms. The molecule has 0 aliphatic rings. The molecule has 2 rings (SSSR count). The highest BCUT2D eigenvalue weighted by atomic mass is 35.5. The van der Waals surface area contributed by atoms with Crippen molar-refractivity contribution in [3.8, 4) is 0 Å². The van der Waals surface area contributed by atoms with Gasteiger partial charge in [-0.25, -0.2) is 0 Å². The van der Waals surface area contributed by atoms with Gasteiger partial charge in [-0.1, -0.05) is 23.8 Å². The molecule has 0 saturated carbocycles. The maximum Gasteiger partial charge on any atom is 0.106 e. The monoisotopic (exact) mass is 263 g/mol. The van der Waals surface area contributed by atoms with Crippen LogP contribution in [0.5, 0.6) is 0 Å². The lowest BCUT2D eigenvalue weighted by atomic mass is 10.2. The molecule has 0 amide bonds. The molecule has 1 aromatic carbocycles. The first-order chi connectivity index (χ1) is 8.16. The number of rotatable bonds is 3. The number of benzene rings is 1. The third kappa shape index (κ3) is 2.93. The van der Waals surface area contributed by atoms with Gasteiger partial charge in [0.15, 0.2) is 0 Å². The highest BCUT2D eigenvalue weighted by Gasteiger charge is 2.04. The van der Waals surface area contributed by atoms with Crippen molar-refractivity contribution < 1.29 is 0 Å². The van der Waals surface area contributed by atoms with Crippen LogP contribution in [0, 0.1) is 0 Å². The largest absolute Gasteiger partial charge is 0.389 e. The Kier molecular flexibility index (Phi) is 3.56. The van der Waals surface area contributed by atoms with Crippen molar-refractivity contribution in [3.05, 3.63) is 53.3 Å². The lowest BCUT2D eigenvalue weighted by molar-refractivity contribution is 1.31. The summed E-state index contributed by atoms with van der Waals surface area (Å²) in [6.45, 7) is 0. The zero-order valence-corrected chi connectivity index (χ0v) is 10.4. The third-order valence-corrected chi connectivity index (χ3v) is 2.68. The Bertz CT molecular complexity index is 540. The average molecular weight is 264 g/mol. The fourth-order valence-corrected chi connectivity index (χ4v) is 1.70. The van der Waals surface area contributed by atoms with Gasteiger partial charge < -0.3 is 11.1 Å². The SMILES string of the molecule is NC(=S)c1ccncc1Nc1ccc(Cl)cc1. The summed E-state index contributed by atoms with van der Waals surface area (Å²) in [5.74, 6) is 0. The fraction of sp³-hybridized carbons (Fsp3) is 0. The van der Waals surface area contributed by atoms with Crippen LogP contribution in [-0.2, 0) is 0 Å². The fourth-order valence-electron chi connectivity index (χ4n) is 1.40. The normalized spacial score (nSPS) is 9.94. The molecule has 1 aromatic heterocycles. The lowest BCUT2D eigenvalue weighted by Crippen LogP contribution is -2.12. The van der Waals surface area contributed by atoms with Gasteiger partial charge in [0, 0.05) is 22.5 Å². The smallest absolute Gasteiger partial charge is 0.106 e. The van der Waals surface area contributed by atoms with E-state index in [1.807, 2.05) is 12.1 Å². The zero-order chi connectivity index (χ0) is 12.3. The van der Waals surface area contributed by atoms with E-state index in [2.05, 4.69) is 10.3 Å². The Balaban J connectivity index is 2.30. The van der Waals surface area contributed by atoms with E-state index in [4.69, 9.17) is 29.6 Å². The van der Waals surface area contributed by atoms with Crippen LogP contribution in [-0.4, -0.2) is 9.97 Å². The number of halogens is 1. The van der Waals surface area contributed by atoms with Gasteiger partial charge >= 0.3 is 0 Å². The number of hydrogen-bond donors (Lipinski definition) is 2. The Morgan fingerprint density at radius 2 is 1.94 bits per heavy atom. The molecule has 0 spiro atoms. The van der Waals surface area contributed by atoms with Crippen LogP contribution in [0.25, 0.3) is 0 Å². The summed E-state index contributed by atoms with van der Waals surface area (Å²) in [5.41, 5.74) is 8.09. The summed E-state index contributed by atoms with van der Waals surface area (Å²) in [5, 5.41) is 3.88. The molecule has 3 N–H and O–H groups in total. The van der Waals surface area contributed by atoms with Gasteiger partial charge in [-0.15, -0.1) is 0 Å². The first-order valence-corrected chi connectivity index (χ1v) is 5.72. The van der Waals surface area contributed by atoms with Gasteiger partial charge in [0.25, 0.3) is 0 Å². The van der Waals surface area contributed by atoms with Gasteiger partial charge in [-0.05, 0) is 30.3 Å². The maximum atomic E-state index is 5.82. The van der Waals surface area contributed by atoms with Crippen molar-refractivity contribution in [1.29, 1.82) is 0 Å². The van der Waals surface area contributed by atoms with E-state index >= 15 is 0 Å². The molecular formula is C12H10ClN3S. The molecule has 2 aromatic rings. The molecule has 0 aliphatic carbocycles. The van der Waals surface area contributed by atoms with Crippen molar-refractivity contribution >= 4 is 40.2 Å². The molecule has 0 atom stereocenters. The second kappa shape index (κ2) is 5.12. The minimum absolute atomic E-state index is 0.337. The molecule has 0 radical (unpaired) electrons. The van der Waals surface area contributed by atoms with E-state index in [-0.39, 0.29) is 0 Å². The molecule has 0 unspecified atom stereocenters. The van der Waals surface area contributed by atoms with E-state index in [0.717, 1.165) is 16.9 Å². The summed E-state index contributed by atoms with van der Waals surface area (Å²) in [4.78, 5) is 4.37. The number of thiocarbonyl (C=S) groups is 1. The van der Waals surface area contributed by atoms with E-state index in [1.165, 1.54) is 0 Å². The van der Waals surface area contributed by atoms with Crippen molar-refractivity contribution in [3.63, 3.8) is 0 Å². The first-order valence-electron chi connectivity index (χ1n) is 4.93. The molecule has 0 bridgehead atoms. The lowest BCUT2D eigenvalue weighted by Gasteiger charge is -2.10. The molecular weight excluding hydrogens is 254 g/mol. The number of hydrogen-bond acceptors (Lipinski definition) is 3. The van der Waals surface area contributed by atoms with Gasteiger partial charge in [0.2, 0.25) is 0 Å². The van der Waals surface area contributed by atoms with Crippen LogP contribution in [0.1, 0.15) is 5.56 Å². The van der Waals surface area contributed by atoms with Crippen LogP contribution in [0.4, 0.5) is 11.4 Å². The summed E-state index contributed by atoms with van der Waals surface area (Å²) in [7, 11) is 0.